The Labute approximate surface area is 145 Å². The molecule has 0 amide bonds. The Balaban J connectivity index is 1.92. The molecule has 25 heavy (non-hydrogen) atoms. The van der Waals surface area contributed by atoms with Crippen molar-refractivity contribution < 1.29 is 18.7 Å². The molecule has 0 radical (unpaired) electrons. The number of aromatic amines is 1. The molecule has 0 atom stereocenters. The van der Waals surface area contributed by atoms with E-state index in [1.807, 2.05) is 0 Å². The van der Waals surface area contributed by atoms with E-state index in [2.05, 4.69) is 9.72 Å². The molecule has 0 aliphatic heterocycles. The number of nitrogens with one attached hydrogen (secondary N) is 1. The minimum atomic E-state index is -0.422. The van der Waals surface area contributed by atoms with Gasteiger partial charge in [0.25, 0.3) is 5.56 Å². The SMILES string of the molecule is COC(=O)c1ccc(/C=c2\s/c(=C\C(=O)c3ccco3)[nH]c2=O)cc1. The topological polar surface area (TPSA) is 89.4 Å². The quantitative estimate of drug-likeness (QED) is 0.563. The molecule has 126 valence electrons. The first-order valence-electron chi connectivity index (χ1n) is 7.25. The maximum atomic E-state index is 12.0. The molecule has 0 saturated carbocycles. The number of esters is 1. The van der Waals surface area contributed by atoms with E-state index in [4.69, 9.17) is 4.42 Å². The van der Waals surface area contributed by atoms with Crippen LogP contribution >= 0.6 is 11.3 Å². The lowest BCUT2D eigenvalue weighted by atomic mass is 10.1. The van der Waals surface area contributed by atoms with Gasteiger partial charge in [-0.3, -0.25) is 9.59 Å². The maximum Gasteiger partial charge on any atom is 0.337 e. The van der Waals surface area contributed by atoms with Gasteiger partial charge in [0.15, 0.2) is 5.76 Å². The largest absolute Gasteiger partial charge is 0.465 e. The number of aromatic nitrogens is 1. The van der Waals surface area contributed by atoms with Crippen LogP contribution < -0.4 is 14.8 Å². The molecule has 7 heteroatoms. The van der Waals surface area contributed by atoms with Crippen molar-refractivity contribution >= 4 is 35.2 Å². The van der Waals surface area contributed by atoms with Crippen LogP contribution in [-0.4, -0.2) is 23.8 Å². The van der Waals surface area contributed by atoms with Crippen LogP contribution in [0.25, 0.3) is 12.2 Å². The summed E-state index contributed by atoms with van der Waals surface area (Å²) in [6.07, 6.45) is 4.41. The molecule has 2 heterocycles. The Morgan fingerprint density at radius 2 is 1.96 bits per heavy atom. The normalized spacial score (nSPS) is 12.4. The summed E-state index contributed by atoms with van der Waals surface area (Å²) in [5.41, 5.74) is 0.891. The van der Waals surface area contributed by atoms with Crippen molar-refractivity contribution in [3.05, 3.63) is 79.1 Å². The number of furan rings is 1. The Bertz CT molecular complexity index is 1070. The third-order valence-electron chi connectivity index (χ3n) is 3.34. The van der Waals surface area contributed by atoms with Crippen molar-refractivity contribution in [2.75, 3.05) is 7.11 Å². The van der Waals surface area contributed by atoms with Crippen molar-refractivity contribution in [3.8, 4) is 0 Å². The fraction of sp³-hybridized carbons (Fsp3) is 0.0556. The van der Waals surface area contributed by atoms with E-state index in [-0.39, 0.29) is 17.1 Å². The van der Waals surface area contributed by atoms with E-state index >= 15 is 0 Å². The van der Waals surface area contributed by atoms with Crippen LogP contribution in [0.15, 0.2) is 51.9 Å². The van der Waals surface area contributed by atoms with Crippen LogP contribution in [0.4, 0.5) is 0 Å². The number of carbonyl (C=O) groups is 2. The number of hydrogen-bond donors (Lipinski definition) is 1. The molecule has 0 saturated heterocycles. The van der Waals surface area contributed by atoms with E-state index in [0.717, 1.165) is 16.9 Å². The zero-order valence-electron chi connectivity index (χ0n) is 13.1. The standard InChI is InChI=1S/C18H13NO5S/c1-23-18(22)12-6-4-11(5-7-12)9-15-17(21)19-16(25-15)10-13(20)14-3-2-8-24-14/h2-10H,1H3,(H,19,21)/b15-9-,16-10-. The first-order valence-corrected chi connectivity index (χ1v) is 8.07. The van der Waals surface area contributed by atoms with E-state index in [1.54, 1.807) is 42.5 Å². The van der Waals surface area contributed by atoms with Crippen LogP contribution in [0.5, 0.6) is 0 Å². The monoisotopic (exact) mass is 355 g/mol. The van der Waals surface area contributed by atoms with Gasteiger partial charge in [0.1, 0.15) is 0 Å². The molecule has 2 aromatic heterocycles. The number of ether oxygens (including phenoxy) is 1. The van der Waals surface area contributed by atoms with E-state index in [0.29, 0.717) is 14.8 Å². The van der Waals surface area contributed by atoms with Crippen molar-refractivity contribution in [3.63, 3.8) is 0 Å². The van der Waals surface area contributed by atoms with Gasteiger partial charge in [-0.05, 0) is 35.9 Å². The summed E-state index contributed by atoms with van der Waals surface area (Å²) in [7, 11) is 1.32. The average Bonchev–Trinajstić information content (AvgIpc) is 3.25. The Kier molecular flexibility index (Phi) is 4.76. The fourth-order valence-corrected chi connectivity index (χ4v) is 3.00. The molecule has 1 aromatic carbocycles. The van der Waals surface area contributed by atoms with Crippen LogP contribution in [0.1, 0.15) is 26.5 Å². The molecular formula is C18H13NO5S. The second-order valence-corrected chi connectivity index (χ2v) is 6.11. The molecule has 0 aliphatic carbocycles. The van der Waals surface area contributed by atoms with Crippen molar-refractivity contribution in [2.24, 2.45) is 0 Å². The van der Waals surface area contributed by atoms with Gasteiger partial charge in [-0.15, -0.1) is 11.3 Å². The van der Waals surface area contributed by atoms with Gasteiger partial charge >= 0.3 is 5.97 Å². The van der Waals surface area contributed by atoms with E-state index in [1.165, 1.54) is 19.4 Å². The summed E-state index contributed by atoms with van der Waals surface area (Å²) in [5, 5.41) is 0. The summed E-state index contributed by atoms with van der Waals surface area (Å²) in [5.74, 6) is -0.538. The van der Waals surface area contributed by atoms with Crippen LogP contribution in [0, 0.1) is 0 Å². The van der Waals surface area contributed by atoms with Gasteiger partial charge in [-0.2, -0.15) is 0 Å². The number of benzene rings is 1. The number of hydrogen-bond acceptors (Lipinski definition) is 6. The van der Waals surface area contributed by atoms with Crippen LogP contribution in [0.2, 0.25) is 0 Å². The lowest BCUT2D eigenvalue weighted by Gasteiger charge is -1.98. The average molecular weight is 355 g/mol. The van der Waals surface area contributed by atoms with Gasteiger partial charge in [-0.1, -0.05) is 12.1 Å². The van der Waals surface area contributed by atoms with Crippen LogP contribution in [-0.2, 0) is 4.74 Å². The Morgan fingerprint density at radius 1 is 1.20 bits per heavy atom. The third kappa shape index (κ3) is 3.84. The predicted molar refractivity (Wildman–Crippen MR) is 93.0 cm³/mol. The molecule has 3 rings (SSSR count). The van der Waals surface area contributed by atoms with Crippen molar-refractivity contribution in [2.45, 2.75) is 0 Å². The second-order valence-electron chi connectivity index (χ2n) is 5.03. The summed E-state index contributed by atoms with van der Waals surface area (Å²) < 4.78 is 10.5. The molecule has 6 nitrogen and oxygen atoms in total. The van der Waals surface area contributed by atoms with E-state index < -0.39 is 5.97 Å². The number of H-pyrrole nitrogens is 1. The highest BCUT2D eigenvalue weighted by molar-refractivity contribution is 7.07. The first-order chi connectivity index (χ1) is 12.1. The lowest BCUT2D eigenvalue weighted by molar-refractivity contribution is 0.0600. The van der Waals surface area contributed by atoms with Gasteiger partial charge in [0, 0.05) is 6.08 Å². The molecule has 0 fully saturated rings. The van der Waals surface area contributed by atoms with Crippen molar-refractivity contribution in [1.82, 2.24) is 4.98 Å². The van der Waals surface area contributed by atoms with Gasteiger partial charge < -0.3 is 14.1 Å². The summed E-state index contributed by atoms with van der Waals surface area (Å²) in [4.78, 5) is 38.0. The minimum absolute atomic E-state index is 0.207. The fourth-order valence-electron chi connectivity index (χ4n) is 2.12. The molecule has 0 aliphatic rings. The number of Topliss-reactive ketones (excluding diaryl/α,β-unsaturated/α-hetero) is 1. The minimum Gasteiger partial charge on any atom is -0.465 e. The van der Waals surface area contributed by atoms with Crippen molar-refractivity contribution in [1.29, 1.82) is 0 Å². The summed E-state index contributed by atoms with van der Waals surface area (Å²) in [6, 6.07) is 9.83. The number of rotatable bonds is 4. The van der Waals surface area contributed by atoms with Crippen LogP contribution in [0.3, 0.4) is 0 Å². The maximum absolute atomic E-state index is 12.0. The summed E-state index contributed by atoms with van der Waals surface area (Å²) >= 11 is 1.16. The molecule has 0 spiro atoms. The highest BCUT2D eigenvalue weighted by atomic mass is 32.1. The number of methoxy groups -OCH3 is 1. The zero-order chi connectivity index (χ0) is 17.8. The lowest BCUT2D eigenvalue weighted by Crippen LogP contribution is -2.20. The zero-order valence-corrected chi connectivity index (χ0v) is 14.0. The molecule has 0 unspecified atom stereocenters. The molecular weight excluding hydrogens is 342 g/mol. The van der Waals surface area contributed by atoms with Gasteiger partial charge in [0.05, 0.1) is 28.1 Å². The molecule has 0 bridgehead atoms. The molecule has 3 aromatic rings. The summed E-state index contributed by atoms with van der Waals surface area (Å²) in [6.45, 7) is 0. The first kappa shape index (κ1) is 16.7. The predicted octanol–water partition coefficient (Wildman–Crippen LogP) is 1.31. The van der Waals surface area contributed by atoms with Gasteiger partial charge in [0.2, 0.25) is 5.78 Å². The Hall–Kier alpha value is -3.19. The Morgan fingerprint density at radius 3 is 2.60 bits per heavy atom. The second kappa shape index (κ2) is 7.14. The number of ketones is 1. The highest BCUT2D eigenvalue weighted by Crippen LogP contribution is 2.06. The number of carbonyl (C=O) groups excluding carboxylic acids is 2. The van der Waals surface area contributed by atoms with Gasteiger partial charge in [-0.25, -0.2) is 4.79 Å². The smallest absolute Gasteiger partial charge is 0.337 e. The number of thiazole rings is 1. The third-order valence-corrected chi connectivity index (χ3v) is 4.30. The molecule has 1 N–H and O–H groups in total. The highest BCUT2D eigenvalue weighted by Gasteiger charge is 2.06. The van der Waals surface area contributed by atoms with E-state index in [9.17, 15) is 14.4 Å².